The molecule has 0 atom stereocenters. The first-order valence-electron chi connectivity index (χ1n) is 5.49. The molecule has 1 aliphatic heterocycles. The summed E-state index contributed by atoms with van der Waals surface area (Å²) in [6.45, 7) is 7.91. The van der Waals surface area contributed by atoms with Crippen LogP contribution in [0.4, 0.5) is 4.79 Å². The molecule has 0 fully saturated rings. The van der Waals surface area contributed by atoms with Crippen LogP contribution >= 0.6 is 0 Å². The van der Waals surface area contributed by atoms with Crippen LogP contribution in [0.1, 0.15) is 27.7 Å². The van der Waals surface area contributed by atoms with Crippen molar-refractivity contribution in [2.75, 3.05) is 20.2 Å². The van der Waals surface area contributed by atoms with Gasteiger partial charge in [0.05, 0.1) is 19.2 Å². The van der Waals surface area contributed by atoms with Gasteiger partial charge in [0.25, 0.3) is 0 Å². The molecule has 96 valence electrons. The number of hydrogen-bond acceptors (Lipinski definition) is 4. The van der Waals surface area contributed by atoms with Gasteiger partial charge >= 0.3 is 12.1 Å². The molecule has 17 heavy (non-hydrogen) atoms. The lowest BCUT2D eigenvalue weighted by molar-refractivity contribution is -0.136. The second-order valence-corrected chi connectivity index (χ2v) is 5.09. The predicted molar refractivity (Wildman–Crippen MR) is 62.5 cm³/mol. The highest BCUT2D eigenvalue weighted by Crippen LogP contribution is 2.20. The molecule has 0 aromatic rings. The van der Waals surface area contributed by atoms with Crippen molar-refractivity contribution in [3.63, 3.8) is 0 Å². The molecule has 1 heterocycles. The first-order chi connectivity index (χ1) is 7.74. The summed E-state index contributed by atoms with van der Waals surface area (Å²) >= 11 is 0. The smallest absolute Gasteiger partial charge is 0.410 e. The number of ether oxygens (including phenoxy) is 2. The minimum atomic E-state index is -0.529. The fourth-order valence-corrected chi connectivity index (χ4v) is 1.58. The maximum absolute atomic E-state index is 11.8. The topological polar surface area (TPSA) is 55.8 Å². The summed E-state index contributed by atoms with van der Waals surface area (Å²) in [5, 5.41) is 0. The summed E-state index contributed by atoms with van der Waals surface area (Å²) < 4.78 is 9.90. The fraction of sp³-hybridized carbons (Fsp3) is 0.667. The molecule has 1 amide bonds. The molecule has 5 nitrogen and oxygen atoms in total. The van der Waals surface area contributed by atoms with Gasteiger partial charge < -0.3 is 9.47 Å². The van der Waals surface area contributed by atoms with Gasteiger partial charge in [-0.2, -0.15) is 0 Å². The largest absolute Gasteiger partial charge is 0.466 e. The van der Waals surface area contributed by atoms with Gasteiger partial charge in [-0.3, -0.25) is 4.90 Å². The van der Waals surface area contributed by atoms with Crippen LogP contribution in [-0.2, 0) is 14.3 Å². The summed E-state index contributed by atoms with van der Waals surface area (Å²) in [6.07, 6.45) is -0.407. The summed E-state index contributed by atoms with van der Waals surface area (Å²) in [4.78, 5) is 24.7. The second-order valence-electron chi connectivity index (χ2n) is 5.09. The van der Waals surface area contributed by atoms with E-state index in [0.29, 0.717) is 12.1 Å². The number of carbonyl (C=O) groups is 2. The summed E-state index contributed by atoms with van der Waals surface area (Å²) in [5.41, 5.74) is 0.861. The highest BCUT2D eigenvalue weighted by molar-refractivity contribution is 5.91. The maximum Gasteiger partial charge on any atom is 0.410 e. The number of rotatable bonds is 1. The van der Waals surface area contributed by atoms with Gasteiger partial charge in [0.2, 0.25) is 0 Å². The van der Waals surface area contributed by atoms with Crippen molar-refractivity contribution in [1.29, 1.82) is 0 Å². The van der Waals surface area contributed by atoms with E-state index in [1.165, 1.54) is 12.0 Å². The van der Waals surface area contributed by atoms with E-state index in [1.54, 1.807) is 0 Å². The normalized spacial score (nSPS) is 16.2. The lowest BCUT2D eigenvalue weighted by atomic mass is 10.2. The molecule has 0 spiro atoms. The van der Waals surface area contributed by atoms with Crippen LogP contribution in [0.5, 0.6) is 0 Å². The van der Waals surface area contributed by atoms with Gasteiger partial charge in [-0.05, 0) is 33.3 Å². The van der Waals surface area contributed by atoms with Crippen molar-refractivity contribution < 1.29 is 19.1 Å². The molecule has 0 N–H and O–H groups in total. The van der Waals surface area contributed by atoms with E-state index in [2.05, 4.69) is 4.74 Å². The van der Waals surface area contributed by atoms with E-state index in [9.17, 15) is 9.59 Å². The summed E-state index contributed by atoms with van der Waals surface area (Å²) in [6, 6.07) is 0. The van der Waals surface area contributed by atoms with Crippen molar-refractivity contribution in [2.45, 2.75) is 33.3 Å². The monoisotopic (exact) mass is 241 g/mol. The predicted octanol–water partition coefficient (Wildman–Crippen LogP) is 1.73. The van der Waals surface area contributed by atoms with E-state index < -0.39 is 11.7 Å². The van der Waals surface area contributed by atoms with Crippen LogP contribution in [0, 0.1) is 0 Å². The SMILES string of the molecule is COC(=O)C1=C(C)CN(C(=O)OC(C)(C)C)C1. The van der Waals surface area contributed by atoms with Gasteiger partial charge in [0.1, 0.15) is 5.60 Å². The Morgan fingerprint density at radius 2 is 1.82 bits per heavy atom. The standard InChI is InChI=1S/C12H19NO4/c1-8-6-13(7-9(8)10(14)16-5)11(15)17-12(2,3)4/h6-7H2,1-5H3. The first kappa shape index (κ1) is 13.5. The fourth-order valence-electron chi connectivity index (χ4n) is 1.58. The van der Waals surface area contributed by atoms with Gasteiger partial charge in [0, 0.05) is 6.54 Å². The third kappa shape index (κ3) is 3.47. The Balaban J connectivity index is 2.65. The average molecular weight is 241 g/mol. The van der Waals surface area contributed by atoms with Crippen molar-refractivity contribution in [2.24, 2.45) is 0 Å². The minimum absolute atomic E-state index is 0.257. The molecule has 0 unspecified atom stereocenters. The first-order valence-corrected chi connectivity index (χ1v) is 5.49. The highest BCUT2D eigenvalue weighted by atomic mass is 16.6. The molecule has 5 heteroatoms. The molecule has 0 saturated heterocycles. The average Bonchev–Trinajstić information content (AvgIpc) is 2.57. The Bertz CT molecular complexity index is 365. The second kappa shape index (κ2) is 4.77. The van der Waals surface area contributed by atoms with E-state index >= 15 is 0 Å². The van der Waals surface area contributed by atoms with E-state index in [4.69, 9.17) is 4.74 Å². The van der Waals surface area contributed by atoms with E-state index in [0.717, 1.165) is 5.57 Å². The van der Waals surface area contributed by atoms with Crippen molar-refractivity contribution in [3.8, 4) is 0 Å². The van der Waals surface area contributed by atoms with Gasteiger partial charge in [-0.15, -0.1) is 0 Å². The van der Waals surface area contributed by atoms with E-state index in [1.807, 2.05) is 27.7 Å². The zero-order chi connectivity index (χ0) is 13.2. The van der Waals surface area contributed by atoms with Crippen LogP contribution in [0.3, 0.4) is 0 Å². The van der Waals surface area contributed by atoms with Crippen molar-refractivity contribution in [3.05, 3.63) is 11.1 Å². The quantitative estimate of drug-likeness (QED) is 0.656. The molecule has 0 radical (unpaired) electrons. The summed E-state index contributed by atoms with van der Waals surface area (Å²) in [5.74, 6) is -0.381. The number of esters is 1. The number of nitrogens with zero attached hydrogens (tertiary/aromatic N) is 1. The van der Waals surface area contributed by atoms with Gasteiger partial charge in [-0.1, -0.05) is 0 Å². The van der Waals surface area contributed by atoms with Crippen molar-refractivity contribution >= 4 is 12.1 Å². The molecular formula is C12H19NO4. The lowest BCUT2D eigenvalue weighted by Gasteiger charge is -2.24. The van der Waals surface area contributed by atoms with Gasteiger partial charge in [0.15, 0.2) is 0 Å². The third-order valence-electron chi connectivity index (χ3n) is 2.38. The molecule has 0 aromatic carbocycles. The van der Waals surface area contributed by atoms with Crippen LogP contribution < -0.4 is 0 Å². The van der Waals surface area contributed by atoms with Crippen LogP contribution in [0.15, 0.2) is 11.1 Å². The number of carbonyl (C=O) groups excluding carboxylic acids is 2. The Morgan fingerprint density at radius 3 is 2.29 bits per heavy atom. The van der Waals surface area contributed by atoms with Crippen LogP contribution in [-0.4, -0.2) is 42.8 Å². The Hall–Kier alpha value is -1.52. The molecule has 0 bridgehead atoms. The lowest BCUT2D eigenvalue weighted by Crippen LogP contribution is -2.36. The maximum atomic E-state index is 11.8. The molecule has 1 rings (SSSR count). The Labute approximate surface area is 101 Å². The Morgan fingerprint density at radius 1 is 1.24 bits per heavy atom. The van der Waals surface area contributed by atoms with Crippen LogP contribution in [0.25, 0.3) is 0 Å². The zero-order valence-electron chi connectivity index (χ0n) is 11.0. The highest BCUT2D eigenvalue weighted by Gasteiger charge is 2.30. The molecule has 0 aliphatic carbocycles. The van der Waals surface area contributed by atoms with Crippen LogP contribution in [0.2, 0.25) is 0 Å². The number of amides is 1. The molecule has 1 aliphatic rings. The molecule has 0 saturated carbocycles. The van der Waals surface area contributed by atoms with E-state index in [-0.39, 0.29) is 12.5 Å². The minimum Gasteiger partial charge on any atom is -0.466 e. The third-order valence-corrected chi connectivity index (χ3v) is 2.38. The molecular weight excluding hydrogens is 222 g/mol. The zero-order valence-corrected chi connectivity index (χ0v) is 11.0. The Kier molecular flexibility index (Phi) is 3.80. The number of methoxy groups -OCH3 is 1. The number of hydrogen-bond donors (Lipinski definition) is 0. The van der Waals surface area contributed by atoms with Crippen molar-refractivity contribution in [1.82, 2.24) is 4.90 Å². The molecule has 0 aromatic heterocycles. The van der Waals surface area contributed by atoms with Gasteiger partial charge in [-0.25, -0.2) is 9.59 Å². The summed E-state index contributed by atoms with van der Waals surface area (Å²) in [7, 11) is 1.33.